The molecule has 1 aromatic rings. The van der Waals surface area contributed by atoms with Crippen molar-refractivity contribution in [3.05, 3.63) is 28.8 Å². The predicted molar refractivity (Wildman–Crippen MR) is 72.1 cm³/mol. The zero-order chi connectivity index (χ0) is 13.3. The highest BCUT2D eigenvalue weighted by Gasteiger charge is 2.32. The molecule has 2 N–H and O–H groups in total. The summed E-state index contributed by atoms with van der Waals surface area (Å²) in [6, 6.07) is 4.97. The van der Waals surface area contributed by atoms with E-state index in [0.29, 0.717) is 35.1 Å². The Labute approximate surface area is 113 Å². The quantitative estimate of drug-likeness (QED) is 0.919. The van der Waals surface area contributed by atoms with Crippen LogP contribution in [0.1, 0.15) is 12.0 Å². The van der Waals surface area contributed by atoms with Crippen LogP contribution in [-0.4, -0.2) is 32.4 Å². The molecule has 1 saturated heterocycles. The van der Waals surface area contributed by atoms with Gasteiger partial charge in [-0.15, -0.1) is 0 Å². The standard InChI is InChI=1S/C12H17ClN2O2S/c1-9-11(13)3-2-4-12(9)18(16,17)15-6-5-10(7-14)8-15/h2-4,10H,5-8,14H2,1H3/t10-/m1/s1. The first kappa shape index (κ1) is 13.8. The Kier molecular flexibility index (Phi) is 3.96. The maximum absolute atomic E-state index is 12.5. The first-order chi connectivity index (χ1) is 8.46. The van der Waals surface area contributed by atoms with Crippen molar-refractivity contribution in [3.8, 4) is 0 Å². The lowest BCUT2D eigenvalue weighted by atomic mass is 10.1. The summed E-state index contributed by atoms with van der Waals surface area (Å²) < 4.78 is 26.5. The Balaban J connectivity index is 2.35. The van der Waals surface area contributed by atoms with E-state index < -0.39 is 10.0 Å². The van der Waals surface area contributed by atoms with Gasteiger partial charge in [0.2, 0.25) is 10.0 Å². The van der Waals surface area contributed by atoms with E-state index in [1.54, 1.807) is 25.1 Å². The Morgan fingerprint density at radius 3 is 2.83 bits per heavy atom. The molecule has 6 heteroatoms. The molecule has 18 heavy (non-hydrogen) atoms. The fourth-order valence-electron chi connectivity index (χ4n) is 2.21. The average molecular weight is 289 g/mol. The van der Waals surface area contributed by atoms with Crippen molar-refractivity contribution in [1.82, 2.24) is 4.31 Å². The second-order valence-electron chi connectivity index (χ2n) is 4.62. The minimum Gasteiger partial charge on any atom is -0.330 e. The normalized spacial score (nSPS) is 21.4. The van der Waals surface area contributed by atoms with Crippen LogP contribution < -0.4 is 5.73 Å². The summed E-state index contributed by atoms with van der Waals surface area (Å²) in [5.41, 5.74) is 6.20. The van der Waals surface area contributed by atoms with Crippen LogP contribution >= 0.6 is 11.6 Å². The highest BCUT2D eigenvalue weighted by molar-refractivity contribution is 7.89. The van der Waals surface area contributed by atoms with Gasteiger partial charge < -0.3 is 5.73 Å². The van der Waals surface area contributed by atoms with Crippen molar-refractivity contribution in [2.75, 3.05) is 19.6 Å². The lowest BCUT2D eigenvalue weighted by Crippen LogP contribution is -2.30. The zero-order valence-corrected chi connectivity index (χ0v) is 11.8. The maximum atomic E-state index is 12.5. The summed E-state index contributed by atoms with van der Waals surface area (Å²) in [6.45, 7) is 3.30. The van der Waals surface area contributed by atoms with Gasteiger partial charge in [-0.25, -0.2) is 8.42 Å². The highest BCUT2D eigenvalue weighted by Crippen LogP contribution is 2.28. The van der Waals surface area contributed by atoms with Crippen LogP contribution in [0.5, 0.6) is 0 Å². The van der Waals surface area contributed by atoms with Crippen LogP contribution in [0, 0.1) is 12.8 Å². The predicted octanol–water partition coefficient (Wildman–Crippen LogP) is 1.62. The number of nitrogens with two attached hydrogens (primary N) is 1. The molecular weight excluding hydrogens is 272 g/mol. The number of rotatable bonds is 3. The zero-order valence-electron chi connectivity index (χ0n) is 10.3. The highest BCUT2D eigenvalue weighted by atomic mass is 35.5. The lowest BCUT2D eigenvalue weighted by molar-refractivity contribution is 0.458. The topological polar surface area (TPSA) is 63.4 Å². The molecule has 0 bridgehead atoms. The van der Waals surface area contributed by atoms with Gasteiger partial charge in [0.1, 0.15) is 0 Å². The van der Waals surface area contributed by atoms with Gasteiger partial charge in [0, 0.05) is 18.1 Å². The largest absolute Gasteiger partial charge is 0.330 e. The van der Waals surface area contributed by atoms with E-state index in [1.807, 2.05) is 0 Å². The summed E-state index contributed by atoms with van der Waals surface area (Å²) in [7, 11) is -3.44. The van der Waals surface area contributed by atoms with Crippen LogP contribution in [0.3, 0.4) is 0 Å². The number of nitrogens with zero attached hydrogens (tertiary/aromatic N) is 1. The van der Waals surface area contributed by atoms with E-state index in [-0.39, 0.29) is 5.92 Å². The first-order valence-electron chi connectivity index (χ1n) is 5.92. The molecule has 0 spiro atoms. The summed E-state index contributed by atoms with van der Waals surface area (Å²) >= 11 is 5.98. The van der Waals surface area contributed by atoms with Crippen molar-refractivity contribution < 1.29 is 8.42 Å². The number of hydrogen-bond donors (Lipinski definition) is 1. The van der Waals surface area contributed by atoms with Gasteiger partial charge in [-0.05, 0) is 43.5 Å². The van der Waals surface area contributed by atoms with Gasteiger partial charge in [-0.3, -0.25) is 0 Å². The van der Waals surface area contributed by atoms with Gasteiger partial charge >= 0.3 is 0 Å². The van der Waals surface area contributed by atoms with Gasteiger partial charge in [-0.2, -0.15) is 4.31 Å². The van der Waals surface area contributed by atoms with Crippen LogP contribution in [0.4, 0.5) is 0 Å². The van der Waals surface area contributed by atoms with Gasteiger partial charge in [0.15, 0.2) is 0 Å². The molecule has 0 saturated carbocycles. The molecular formula is C12H17ClN2O2S. The van der Waals surface area contributed by atoms with Crippen LogP contribution in [-0.2, 0) is 10.0 Å². The molecule has 0 amide bonds. The second-order valence-corrected chi connectivity index (χ2v) is 6.93. The smallest absolute Gasteiger partial charge is 0.243 e. The molecule has 4 nitrogen and oxygen atoms in total. The molecule has 0 unspecified atom stereocenters. The van der Waals surface area contributed by atoms with Gasteiger partial charge in [-0.1, -0.05) is 17.7 Å². The summed E-state index contributed by atoms with van der Waals surface area (Å²) in [5, 5.41) is 0.477. The first-order valence-corrected chi connectivity index (χ1v) is 7.74. The Morgan fingerprint density at radius 2 is 2.22 bits per heavy atom. The number of sulfonamides is 1. The van der Waals surface area contributed by atoms with Crippen molar-refractivity contribution in [3.63, 3.8) is 0 Å². The third kappa shape index (κ3) is 2.40. The molecule has 2 rings (SSSR count). The van der Waals surface area contributed by atoms with E-state index in [0.717, 1.165) is 6.42 Å². The van der Waals surface area contributed by atoms with Crippen LogP contribution in [0.25, 0.3) is 0 Å². The Hall–Kier alpha value is -0.620. The monoisotopic (exact) mass is 288 g/mol. The van der Waals surface area contributed by atoms with E-state index in [9.17, 15) is 8.42 Å². The molecule has 0 aliphatic carbocycles. The summed E-state index contributed by atoms with van der Waals surface area (Å²) in [4.78, 5) is 0.299. The van der Waals surface area contributed by atoms with Crippen molar-refractivity contribution in [1.29, 1.82) is 0 Å². The van der Waals surface area contributed by atoms with Crippen molar-refractivity contribution in [2.45, 2.75) is 18.2 Å². The second kappa shape index (κ2) is 5.17. The number of halogens is 1. The molecule has 1 atom stereocenters. The van der Waals surface area contributed by atoms with Gasteiger partial charge in [0.25, 0.3) is 0 Å². The van der Waals surface area contributed by atoms with Crippen LogP contribution in [0.15, 0.2) is 23.1 Å². The SMILES string of the molecule is Cc1c(Cl)cccc1S(=O)(=O)N1CC[C@H](CN)C1. The molecule has 1 heterocycles. The van der Waals surface area contributed by atoms with E-state index >= 15 is 0 Å². The molecule has 1 fully saturated rings. The van der Waals surface area contributed by atoms with E-state index in [1.165, 1.54) is 4.31 Å². The molecule has 1 aliphatic heterocycles. The molecule has 1 aromatic carbocycles. The molecule has 1 aliphatic rings. The van der Waals surface area contributed by atoms with Crippen molar-refractivity contribution in [2.24, 2.45) is 11.7 Å². The summed E-state index contributed by atoms with van der Waals surface area (Å²) in [5.74, 6) is 0.263. The summed E-state index contributed by atoms with van der Waals surface area (Å²) in [6.07, 6.45) is 0.829. The molecule has 0 radical (unpaired) electrons. The minimum atomic E-state index is -3.44. The Bertz CT molecular complexity index is 545. The lowest BCUT2D eigenvalue weighted by Gasteiger charge is -2.18. The van der Waals surface area contributed by atoms with E-state index in [2.05, 4.69) is 0 Å². The average Bonchev–Trinajstić information content (AvgIpc) is 2.81. The fraction of sp³-hybridized carbons (Fsp3) is 0.500. The third-order valence-electron chi connectivity index (χ3n) is 3.42. The minimum absolute atomic E-state index is 0.263. The number of benzene rings is 1. The van der Waals surface area contributed by atoms with E-state index in [4.69, 9.17) is 17.3 Å². The van der Waals surface area contributed by atoms with Crippen molar-refractivity contribution >= 4 is 21.6 Å². The van der Waals surface area contributed by atoms with Gasteiger partial charge in [0.05, 0.1) is 4.90 Å². The third-order valence-corrected chi connectivity index (χ3v) is 5.84. The van der Waals surface area contributed by atoms with Crippen LogP contribution in [0.2, 0.25) is 5.02 Å². The molecule has 0 aromatic heterocycles. The molecule has 100 valence electrons. The maximum Gasteiger partial charge on any atom is 0.243 e. The Morgan fingerprint density at radius 1 is 1.50 bits per heavy atom. The fourth-order valence-corrected chi connectivity index (χ4v) is 4.22. The number of hydrogen-bond acceptors (Lipinski definition) is 3.